The van der Waals surface area contributed by atoms with E-state index >= 15 is 0 Å². The van der Waals surface area contributed by atoms with Crippen LogP contribution in [0.15, 0.2) is 34.7 Å². The van der Waals surface area contributed by atoms with Crippen molar-refractivity contribution in [3.63, 3.8) is 0 Å². The first kappa shape index (κ1) is 19.8. The Balaban J connectivity index is 0.00000225. The Hall–Kier alpha value is -1.56. The van der Waals surface area contributed by atoms with Gasteiger partial charge in [-0.25, -0.2) is 0 Å². The summed E-state index contributed by atoms with van der Waals surface area (Å²) in [5, 5.41) is 14.1. The maximum absolute atomic E-state index is 12.3. The summed E-state index contributed by atoms with van der Waals surface area (Å²) in [7, 11) is 0. The third-order valence-electron chi connectivity index (χ3n) is 4.78. The minimum Gasteiger partial charge on any atom is -0.550 e. The van der Waals surface area contributed by atoms with E-state index in [4.69, 9.17) is 4.42 Å². The minimum absolute atomic E-state index is 0. The molecule has 1 aromatic carbocycles. The summed E-state index contributed by atoms with van der Waals surface area (Å²) in [4.78, 5) is 23.6. The number of carbonyl (C=O) groups is 2. The second-order valence-electron chi connectivity index (χ2n) is 6.59. The van der Waals surface area contributed by atoms with Crippen LogP contribution in [0.25, 0.3) is 11.3 Å². The molecule has 1 N–H and O–H groups in total. The first-order valence-corrected chi connectivity index (χ1v) is 8.08. The molecule has 126 valence electrons. The van der Waals surface area contributed by atoms with Crippen molar-refractivity contribution in [2.75, 3.05) is 5.32 Å². The predicted molar refractivity (Wildman–Crippen MR) is 88.2 cm³/mol. The third-order valence-corrected chi connectivity index (χ3v) is 4.78. The van der Waals surface area contributed by atoms with E-state index in [9.17, 15) is 14.7 Å². The van der Waals surface area contributed by atoms with Gasteiger partial charge in [0.15, 0.2) is 0 Å². The number of aliphatic carboxylic acids is 1. The summed E-state index contributed by atoms with van der Waals surface area (Å²) in [6, 6.07) is 9.44. The molecule has 3 rings (SSSR count). The molecule has 1 amide bonds. The van der Waals surface area contributed by atoms with Crippen molar-refractivity contribution in [1.29, 1.82) is 0 Å². The van der Waals surface area contributed by atoms with Crippen molar-refractivity contribution in [2.45, 2.75) is 39.5 Å². The van der Waals surface area contributed by atoms with Gasteiger partial charge in [-0.3, -0.25) is 4.79 Å². The molecule has 5 nitrogen and oxygen atoms in total. The first-order valence-electron chi connectivity index (χ1n) is 8.08. The monoisotopic (exact) mass is 349 g/mol. The van der Waals surface area contributed by atoms with Gasteiger partial charge >= 0.3 is 29.6 Å². The topological polar surface area (TPSA) is 82.4 Å². The van der Waals surface area contributed by atoms with Crippen LogP contribution in [-0.2, 0) is 9.59 Å². The summed E-state index contributed by atoms with van der Waals surface area (Å²) in [5.41, 5.74) is 1.45. The van der Waals surface area contributed by atoms with Gasteiger partial charge in [-0.05, 0) is 50.5 Å². The van der Waals surface area contributed by atoms with Crippen LogP contribution >= 0.6 is 0 Å². The SMILES string of the molecule is Cc1ccc(-c2ccc(C)c(NC(=O)CC3(C(=O)[O-])CCC3)c2)o1.[Na+]. The molecule has 0 radical (unpaired) electrons. The number of anilines is 1. The Morgan fingerprint density at radius 1 is 1.20 bits per heavy atom. The number of carboxylic acid groups (broad SMARTS) is 1. The Morgan fingerprint density at radius 2 is 1.92 bits per heavy atom. The summed E-state index contributed by atoms with van der Waals surface area (Å²) in [6.45, 7) is 3.77. The van der Waals surface area contributed by atoms with Crippen molar-refractivity contribution in [2.24, 2.45) is 5.41 Å². The average molecular weight is 349 g/mol. The van der Waals surface area contributed by atoms with E-state index in [0.717, 1.165) is 29.1 Å². The number of benzene rings is 1. The van der Waals surface area contributed by atoms with E-state index in [1.54, 1.807) is 0 Å². The molecule has 1 heterocycles. The van der Waals surface area contributed by atoms with Gasteiger partial charge in [-0.1, -0.05) is 18.6 Å². The van der Waals surface area contributed by atoms with Crippen LogP contribution in [0.2, 0.25) is 0 Å². The molecule has 2 aromatic rings. The summed E-state index contributed by atoms with van der Waals surface area (Å²) >= 11 is 0. The minimum atomic E-state index is -1.12. The van der Waals surface area contributed by atoms with Gasteiger partial charge < -0.3 is 19.6 Å². The molecule has 0 atom stereocenters. The zero-order chi connectivity index (χ0) is 17.3. The molecule has 0 spiro atoms. The van der Waals surface area contributed by atoms with Crippen molar-refractivity contribution in [3.8, 4) is 11.3 Å². The molecule has 0 aliphatic heterocycles. The Morgan fingerprint density at radius 3 is 2.44 bits per heavy atom. The molecule has 1 aromatic heterocycles. The van der Waals surface area contributed by atoms with E-state index in [0.29, 0.717) is 18.5 Å². The first-order chi connectivity index (χ1) is 11.4. The van der Waals surface area contributed by atoms with Gasteiger partial charge in [-0.15, -0.1) is 0 Å². The molecular weight excluding hydrogens is 329 g/mol. The molecule has 0 saturated heterocycles. The van der Waals surface area contributed by atoms with E-state index < -0.39 is 11.4 Å². The number of carbonyl (C=O) groups excluding carboxylic acids is 2. The van der Waals surface area contributed by atoms with Crippen molar-refractivity contribution in [1.82, 2.24) is 0 Å². The van der Waals surface area contributed by atoms with E-state index in [1.807, 2.05) is 44.2 Å². The fourth-order valence-corrected chi connectivity index (χ4v) is 3.06. The van der Waals surface area contributed by atoms with Crippen LogP contribution in [0.5, 0.6) is 0 Å². The molecule has 1 aliphatic rings. The number of furan rings is 1. The summed E-state index contributed by atoms with van der Waals surface area (Å²) in [6.07, 6.45) is 1.80. The second kappa shape index (κ2) is 7.77. The molecule has 1 aliphatic carbocycles. The molecule has 25 heavy (non-hydrogen) atoms. The number of hydrogen-bond acceptors (Lipinski definition) is 4. The Bertz CT molecular complexity index is 792. The molecule has 0 bridgehead atoms. The fraction of sp³-hybridized carbons (Fsp3) is 0.368. The zero-order valence-corrected chi connectivity index (χ0v) is 16.8. The predicted octanol–water partition coefficient (Wildman–Crippen LogP) is -0.184. The normalized spacial score (nSPS) is 15.0. The number of hydrogen-bond donors (Lipinski definition) is 1. The van der Waals surface area contributed by atoms with Crippen molar-refractivity contribution < 1.29 is 48.7 Å². The second-order valence-corrected chi connectivity index (χ2v) is 6.59. The number of nitrogens with one attached hydrogen (secondary N) is 1. The van der Waals surface area contributed by atoms with Crippen LogP contribution in [-0.4, -0.2) is 11.9 Å². The number of rotatable bonds is 5. The standard InChI is InChI=1S/C19H21NO4.Na/c1-12-4-6-14(16-7-5-13(2)24-16)10-15(12)20-17(21)11-19(18(22)23)8-3-9-19;/h4-7,10H,3,8-9,11H2,1-2H3,(H,20,21)(H,22,23);/q;+1/p-1. The van der Waals surface area contributed by atoms with Crippen LogP contribution in [0, 0.1) is 19.3 Å². The quantitative estimate of drug-likeness (QED) is 0.759. The zero-order valence-electron chi connectivity index (χ0n) is 14.8. The van der Waals surface area contributed by atoms with Crippen LogP contribution in [0.3, 0.4) is 0 Å². The molecule has 1 saturated carbocycles. The number of amides is 1. The molecular formula is C19H20NNaO4. The van der Waals surface area contributed by atoms with Crippen molar-refractivity contribution >= 4 is 17.6 Å². The van der Waals surface area contributed by atoms with Crippen LogP contribution in [0.4, 0.5) is 5.69 Å². The van der Waals surface area contributed by atoms with E-state index in [1.165, 1.54) is 0 Å². The molecule has 0 unspecified atom stereocenters. The third kappa shape index (κ3) is 4.17. The Labute approximate surface area is 169 Å². The summed E-state index contributed by atoms with van der Waals surface area (Å²) < 4.78 is 5.61. The average Bonchev–Trinajstić information content (AvgIpc) is 2.91. The van der Waals surface area contributed by atoms with Gasteiger partial charge in [-0.2, -0.15) is 0 Å². The molecule has 6 heteroatoms. The maximum atomic E-state index is 12.3. The van der Waals surface area contributed by atoms with Crippen LogP contribution < -0.4 is 40.0 Å². The summed E-state index contributed by atoms with van der Waals surface area (Å²) in [5.74, 6) is 0.125. The number of aryl methyl sites for hydroxylation is 2. The van der Waals surface area contributed by atoms with Gasteiger partial charge in [0.25, 0.3) is 0 Å². The van der Waals surface area contributed by atoms with Gasteiger partial charge in [0, 0.05) is 29.1 Å². The van der Waals surface area contributed by atoms with E-state index in [-0.39, 0.29) is 41.9 Å². The van der Waals surface area contributed by atoms with Crippen LogP contribution in [0.1, 0.15) is 37.0 Å². The molecule has 1 fully saturated rings. The van der Waals surface area contributed by atoms with E-state index in [2.05, 4.69) is 5.32 Å². The maximum Gasteiger partial charge on any atom is 1.00 e. The van der Waals surface area contributed by atoms with Gasteiger partial charge in [0.05, 0.1) is 0 Å². The smallest absolute Gasteiger partial charge is 0.550 e. The largest absolute Gasteiger partial charge is 1.00 e. The van der Waals surface area contributed by atoms with Gasteiger partial charge in [0.2, 0.25) is 5.91 Å². The fourth-order valence-electron chi connectivity index (χ4n) is 3.06. The van der Waals surface area contributed by atoms with Gasteiger partial charge in [0.1, 0.15) is 11.5 Å². The van der Waals surface area contributed by atoms with Crippen molar-refractivity contribution in [3.05, 3.63) is 41.7 Å². The Kier molecular flexibility index (Phi) is 6.14. The number of carboxylic acids is 1.